The van der Waals surface area contributed by atoms with E-state index in [1.807, 2.05) is 80.6 Å². The van der Waals surface area contributed by atoms with Gasteiger partial charge in [0.05, 0.1) is 0 Å². The fourth-order valence-electron chi connectivity index (χ4n) is 1.61. The van der Waals surface area contributed by atoms with Gasteiger partial charge in [-0.2, -0.15) is 0 Å². The second kappa shape index (κ2) is 7.90. The predicted molar refractivity (Wildman–Crippen MR) is 85.4 cm³/mol. The molecule has 0 aliphatic heterocycles. The van der Waals surface area contributed by atoms with E-state index in [9.17, 15) is 0 Å². The summed E-state index contributed by atoms with van der Waals surface area (Å²) in [4.78, 5) is 5.42. The maximum absolute atomic E-state index is 5.71. The summed E-state index contributed by atoms with van der Waals surface area (Å²) in [5.41, 5.74) is 2.09. The van der Waals surface area contributed by atoms with Gasteiger partial charge < -0.3 is 9.57 Å². The zero-order chi connectivity index (χ0) is 14.9. The number of benzene rings is 2. The Bertz CT molecular complexity index is 600. The molecule has 2 rings (SSSR count). The molecule has 0 saturated heterocycles. The van der Waals surface area contributed by atoms with Crippen molar-refractivity contribution in [2.24, 2.45) is 5.16 Å². The highest BCUT2D eigenvalue weighted by atomic mass is 16.6. The number of rotatable bonds is 5. The summed E-state index contributed by atoms with van der Waals surface area (Å²) in [7, 11) is 0. The minimum atomic E-state index is 0.466. The first-order valence-electron chi connectivity index (χ1n) is 6.87. The molecule has 2 aromatic rings. The lowest BCUT2D eigenvalue weighted by molar-refractivity contribution is 0.289. The van der Waals surface area contributed by atoms with Crippen molar-refractivity contribution in [1.82, 2.24) is 0 Å². The Balaban J connectivity index is 2.13. The molecule has 108 valence electrons. The fraction of sp³-hybridized carbons (Fsp3) is 0.167. The van der Waals surface area contributed by atoms with Crippen LogP contribution in [0, 0.1) is 0 Å². The van der Waals surface area contributed by atoms with Crippen LogP contribution in [0.25, 0.3) is 0 Å². The van der Waals surface area contributed by atoms with Crippen LogP contribution in [0.15, 0.2) is 77.5 Å². The van der Waals surface area contributed by atoms with Crippen LogP contribution in [0.1, 0.15) is 19.4 Å². The molecule has 0 amide bonds. The van der Waals surface area contributed by atoms with Crippen molar-refractivity contribution in [2.75, 3.05) is 6.61 Å². The Labute approximate surface area is 125 Å². The van der Waals surface area contributed by atoms with Crippen LogP contribution in [-0.2, 0) is 4.74 Å². The van der Waals surface area contributed by atoms with Gasteiger partial charge in [-0.05, 0) is 49.3 Å². The van der Waals surface area contributed by atoms with Gasteiger partial charge in [0.1, 0.15) is 6.61 Å². The van der Waals surface area contributed by atoms with Crippen LogP contribution in [0.5, 0.6) is 5.75 Å². The molecule has 0 bridgehead atoms. The molecular formula is C18H19NO2. The lowest BCUT2D eigenvalue weighted by Crippen LogP contribution is -2.09. The van der Waals surface area contributed by atoms with E-state index in [1.54, 1.807) is 0 Å². The first-order valence-corrected chi connectivity index (χ1v) is 6.87. The molecule has 3 heteroatoms. The number of hydrogen-bond donors (Lipinski definition) is 0. The predicted octanol–water partition coefficient (Wildman–Crippen LogP) is 4.41. The van der Waals surface area contributed by atoms with Crippen molar-refractivity contribution >= 4 is 5.90 Å². The molecule has 0 spiro atoms. The monoisotopic (exact) mass is 281 g/mol. The molecule has 0 fully saturated rings. The van der Waals surface area contributed by atoms with E-state index in [0.29, 0.717) is 18.3 Å². The van der Waals surface area contributed by atoms with E-state index >= 15 is 0 Å². The molecule has 0 unspecified atom stereocenters. The van der Waals surface area contributed by atoms with Gasteiger partial charge in [-0.1, -0.05) is 42.0 Å². The summed E-state index contributed by atoms with van der Waals surface area (Å²) >= 11 is 0. The fourth-order valence-corrected chi connectivity index (χ4v) is 1.61. The van der Waals surface area contributed by atoms with E-state index in [4.69, 9.17) is 9.57 Å². The molecular weight excluding hydrogens is 262 g/mol. The summed E-state index contributed by atoms with van der Waals surface area (Å²) in [6, 6.07) is 19.1. The highest BCUT2D eigenvalue weighted by molar-refractivity contribution is 5.93. The summed E-state index contributed by atoms with van der Waals surface area (Å²) in [5, 5.41) is 4.13. The van der Waals surface area contributed by atoms with Gasteiger partial charge in [0, 0.05) is 5.56 Å². The second-order valence-corrected chi connectivity index (χ2v) is 4.76. The minimum Gasteiger partial charge on any atom is -0.471 e. The maximum Gasteiger partial charge on any atom is 0.258 e. The number of hydrogen-bond acceptors (Lipinski definition) is 3. The third-order valence-corrected chi connectivity index (χ3v) is 2.71. The quantitative estimate of drug-likeness (QED) is 0.352. The smallest absolute Gasteiger partial charge is 0.258 e. The molecule has 0 aliphatic carbocycles. The second-order valence-electron chi connectivity index (χ2n) is 4.76. The van der Waals surface area contributed by atoms with Crippen molar-refractivity contribution in [3.8, 4) is 5.75 Å². The zero-order valence-electron chi connectivity index (χ0n) is 12.3. The van der Waals surface area contributed by atoms with Gasteiger partial charge in [0.15, 0.2) is 5.75 Å². The standard InChI is InChI=1S/C18H19NO2/c1-15(2)13-14-20-18(16-9-5-3-6-10-16)19-21-17-11-7-4-8-12-17/h3-13H,14H2,1-2H3/b19-18-. The maximum atomic E-state index is 5.71. The Hall–Kier alpha value is -2.55. The molecule has 0 heterocycles. The summed E-state index contributed by atoms with van der Waals surface area (Å²) < 4.78 is 5.71. The van der Waals surface area contributed by atoms with Crippen LogP contribution >= 0.6 is 0 Å². The first kappa shape index (κ1) is 14.9. The molecule has 0 aromatic heterocycles. The van der Waals surface area contributed by atoms with E-state index in [-0.39, 0.29) is 0 Å². The third-order valence-electron chi connectivity index (χ3n) is 2.71. The Morgan fingerprint density at radius 1 is 0.952 bits per heavy atom. The lowest BCUT2D eigenvalue weighted by Gasteiger charge is -2.07. The number of nitrogens with zero attached hydrogens (tertiary/aromatic N) is 1. The highest BCUT2D eigenvalue weighted by Crippen LogP contribution is 2.10. The summed E-state index contributed by atoms with van der Waals surface area (Å²) in [5.74, 6) is 1.15. The molecule has 0 N–H and O–H groups in total. The number of oxime groups is 1. The molecule has 0 atom stereocenters. The zero-order valence-corrected chi connectivity index (χ0v) is 12.3. The Morgan fingerprint density at radius 3 is 2.19 bits per heavy atom. The van der Waals surface area contributed by atoms with Crippen molar-refractivity contribution in [3.05, 3.63) is 77.9 Å². The molecule has 0 radical (unpaired) electrons. The molecule has 2 aromatic carbocycles. The van der Waals surface area contributed by atoms with Gasteiger partial charge in [0.2, 0.25) is 0 Å². The SMILES string of the molecule is CC(C)=CCO/C(=N\Oc1ccccc1)c1ccccc1. The van der Waals surface area contributed by atoms with Crippen LogP contribution in [0.4, 0.5) is 0 Å². The van der Waals surface area contributed by atoms with Crippen molar-refractivity contribution in [2.45, 2.75) is 13.8 Å². The van der Waals surface area contributed by atoms with Gasteiger partial charge in [0.25, 0.3) is 5.90 Å². The molecule has 0 saturated carbocycles. The molecule has 0 aliphatic rings. The first-order chi connectivity index (χ1) is 10.3. The Morgan fingerprint density at radius 2 is 1.57 bits per heavy atom. The highest BCUT2D eigenvalue weighted by Gasteiger charge is 2.05. The van der Waals surface area contributed by atoms with Crippen LogP contribution in [0.3, 0.4) is 0 Å². The van der Waals surface area contributed by atoms with E-state index in [1.165, 1.54) is 5.57 Å². The number of ether oxygens (including phenoxy) is 1. The van der Waals surface area contributed by atoms with E-state index in [2.05, 4.69) is 5.16 Å². The number of allylic oxidation sites excluding steroid dienone is 1. The molecule has 21 heavy (non-hydrogen) atoms. The lowest BCUT2D eigenvalue weighted by atomic mass is 10.2. The average molecular weight is 281 g/mol. The van der Waals surface area contributed by atoms with Gasteiger partial charge >= 0.3 is 0 Å². The molecule has 3 nitrogen and oxygen atoms in total. The number of para-hydroxylation sites is 1. The normalized spacial score (nSPS) is 10.9. The van der Waals surface area contributed by atoms with E-state index in [0.717, 1.165) is 5.56 Å². The largest absolute Gasteiger partial charge is 0.471 e. The third kappa shape index (κ3) is 5.15. The summed E-state index contributed by atoms with van der Waals surface area (Å²) in [6.07, 6.45) is 2.00. The van der Waals surface area contributed by atoms with Crippen molar-refractivity contribution in [3.63, 3.8) is 0 Å². The van der Waals surface area contributed by atoms with Gasteiger partial charge in [-0.3, -0.25) is 0 Å². The topological polar surface area (TPSA) is 30.8 Å². The van der Waals surface area contributed by atoms with Crippen molar-refractivity contribution < 1.29 is 9.57 Å². The van der Waals surface area contributed by atoms with Crippen LogP contribution in [-0.4, -0.2) is 12.5 Å². The van der Waals surface area contributed by atoms with Crippen LogP contribution in [0.2, 0.25) is 0 Å². The van der Waals surface area contributed by atoms with Crippen LogP contribution < -0.4 is 4.84 Å². The van der Waals surface area contributed by atoms with Crippen molar-refractivity contribution in [1.29, 1.82) is 0 Å². The Kier molecular flexibility index (Phi) is 5.59. The van der Waals surface area contributed by atoms with E-state index < -0.39 is 0 Å². The van der Waals surface area contributed by atoms with Gasteiger partial charge in [-0.25, -0.2) is 0 Å². The average Bonchev–Trinajstić information content (AvgIpc) is 2.52. The van der Waals surface area contributed by atoms with Gasteiger partial charge in [-0.15, -0.1) is 0 Å². The summed E-state index contributed by atoms with van der Waals surface area (Å²) in [6.45, 7) is 4.53. The minimum absolute atomic E-state index is 0.466.